The average Bonchev–Trinajstić information content (AvgIpc) is 2.59. The number of methoxy groups -OCH3 is 1. The van der Waals surface area contributed by atoms with E-state index in [1.165, 1.54) is 19.4 Å². The van der Waals surface area contributed by atoms with Crippen molar-refractivity contribution in [2.24, 2.45) is 0 Å². The van der Waals surface area contributed by atoms with Crippen molar-refractivity contribution >= 4 is 34.7 Å². The second kappa shape index (κ2) is 7.27. The smallest absolute Gasteiger partial charge is 0.249 e. The molecule has 0 saturated heterocycles. The van der Waals surface area contributed by atoms with E-state index in [1.54, 1.807) is 18.2 Å². The van der Waals surface area contributed by atoms with Gasteiger partial charge in [0.2, 0.25) is 5.95 Å². The molecule has 25 heavy (non-hydrogen) atoms. The highest BCUT2D eigenvalue weighted by Gasteiger charge is 2.08. The molecule has 0 aliphatic carbocycles. The fourth-order valence-corrected chi connectivity index (χ4v) is 2.21. The molecule has 3 aromatic rings. The lowest BCUT2D eigenvalue weighted by atomic mass is 10.3. The molecule has 1 heterocycles. The van der Waals surface area contributed by atoms with E-state index >= 15 is 0 Å². The van der Waals surface area contributed by atoms with Crippen molar-refractivity contribution in [2.75, 3.05) is 17.7 Å². The second-order valence-corrected chi connectivity index (χ2v) is 5.33. The first kappa shape index (κ1) is 16.8. The van der Waals surface area contributed by atoms with Gasteiger partial charge in [-0.2, -0.15) is 10.1 Å². The van der Waals surface area contributed by atoms with Crippen molar-refractivity contribution in [1.82, 2.24) is 15.2 Å². The van der Waals surface area contributed by atoms with Gasteiger partial charge in [-0.15, -0.1) is 5.10 Å². The van der Waals surface area contributed by atoms with Crippen LogP contribution >= 0.6 is 11.6 Å². The quantitative estimate of drug-likeness (QED) is 0.704. The molecule has 0 unspecified atom stereocenters. The van der Waals surface area contributed by atoms with Crippen LogP contribution in [0, 0.1) is 11.6 Å². The third kappa shape index (κ3) is 4.10. The number of hydrogen-bond donors (Lipinski definition) is 2. The van der Waals surface area contributed by atoms with Gasteiger partial charge in [0, 0.05) is 16.8 Å². The molecule has 6 nitrogen and oxygen atoms in total. The molecule has 1 aromatic heterocycles. The number of ether oxygens (including phenoxy) is 1. The van der Waals surface area contributed by atoms with Gasteiger partial charge in [0.1, 0.15) is 5.75 Å². The van der Waals surface area contributed by atoms with Crippen LogP contribution in [-0.4, -0.2) is 22.3 Å². The van der Waals surface area contributed by atoms with Crippen molar-refractivity contribution in [3.63, 3.8) is 0 Å². The van der Waals surface area contributed by atoms with Crippen LogP contribution in [0.25, 0.3) is 0 Å². The molecule has 0 aliphatic heterocycles. The van der Waals surface area contributed by atoms with E-state index in [2.05, 4.69) is 25.8 Å². The van der Waals surface area contributed by atoms with Crippen LogP contribution in [0.5, 0.6) is 5.75 Å². The van der Waals surface area contributed by atoms with Gasteiger partial charge in [-0.05, 0) is 30.3 Å². The Morgan fingerprint density at radius 2 is 1.88 bits per heavy atom. The second-order valence-electron chi connectivity index (χ2n) is 4.89. The molecule has 0 amide bonds. The molecule has 128 valence electrons. The molecule has 3 rings (SSSR count). The van der Waals surface area contributed by atoms with E-state index in [-0.39, 0.29) is 5.95 Å². The zero-order valence-corrected chi connectivity index (χ0v) is 13.7. The van der Waals surface area contributed by atoms with Crippen molar-refractivity contribution in [3.8, 4) is 5.75 Å². The van der Waals surface area contributed by atoms with Gasteiger partial charge in [0.05, 0.1) is 19.0 Å². The maximum atomic E-state index is 13.3. The van der Waals surface area contributed by atoms with Crippen LogP contribution in [0.15, 0.2) is 42.6 Å². The number of nitrogens with one attached hydrogen (secondary N) is 2. The molecule has 0 spiro atoms. The van der Waals surface area contributed by atoms with Gasteiger partial charge < -0.3 is 15.4 Å². The van der Waals surface area contributed by atoms with Crippen molar-refractivity contribution in [3.05, 3.63) is 59.3 Å². The predicted molar refractivity (Wildman–Crippen MR) is 90.8 cm³/mol. The van der Waals surface area contributed by atoms with Crippen molar-refractivity contribution < 1.29 is 13.5 Å². The topological polar surface area (TPSA) is 72.0 Å². The minimum Gasteiger partial charge on any atom is -0.495 e. The minimum absolute atomic E-state index is 0.174. The zero-order chi connectivity index (χ0) is 17.8. The Morgan fingerprint density at radius 1 is 1.04 bits per heavy atom. The maximum Gasteiger partial charge on any atom is 0.249 e. The monoisotopic (exact) mass is 363 g/mol. The Labute approximate surface area is 146 Å². The zero-order valence-electron chi connectivity index (χ0n) is 12.9. The summed E-state index contributed by atoms with van der Waals surface area (Å²) in [5.41, 5.74) is 0.882. The standard InChI is InChI=1S/C16H12ClF2N5O/c1-25-14-5-2-9(17)6-13(14)22-16-23-15(8-20-24-16)21-10-3-4-11(18)12(19)7-10/h2-8H,1H3,(H2,21,22,23,24). The Hall–Kier alpha value is -3.00. The van der Waals surface area contributed by atoms with Crippen LogP contribution in [0.3, 0.4) is 0 Å². The SMILES string of the molecule is COc1ccc(Cl)cc1Nc1nncc(Nc2ccc(F)c(F)c2)n1. The Bertz CT molecular complexity index is 909. The number of benzene rings is 2. The number of anilines is 4. The Kier molecular flexibility index (Phi) is 4.90. The van der Waals surface area contributed by atoms with E-state index in [0.29, 0.717) is 28.0 Å². The molecular weight excluding hydrogens is 352 g/mol. The lowest BCUT2D eigenvalue weighted by Gasteiger charge is -2.11. The average molecular weight is 364 g/mol. The number of aromatic nitrogens is 3. The summed E-state index contributed by atoms with van der Waals surface area (Å²) in [6, 6.07) is 8.45. The third-order valence-electron chi connectivity index (χ3n) is 3.16. The molecule has 0 fully saturated rings. The fraction of sp³-hybridized carbons (Fsp3) is 0.0625. The van der Waals surface area contributed by atoms with E-state index < -0.39 is 11.6 Å². The summed E-state index contributed by atoms with van der Waals surface area (Å²) in [6.45, 7) is 0. The summed E-state index contributed by atoms with van der Waals surface area (Å²) in [5, 5.41) is 14.0. The first-order valence-corrected chi connectivity index (χ1v) is 7.45. The van der Waals surface area contributed by atoms with Gasteiger partial charge in [-0.25, -0.2) is 8.78 Å². The van der Waals surface area contributed by atoms with Gasteiger partial charge in [-0.1, -0.05) is 11.6 Å². The van der Waals surface area contributed by atoms with Crippen molar-refractivity contribution in [2.45, 2.75) is 0 Å². The molecule has 0 radical (unpaired) electrons. The molecule has 0 aliphatic rings. The van der Waals surface area contributed by atoms with Gasteiger partial charge >= 0.3 is 0 Å². The summed E-state index contributed by atoms with van der Waals surface area (Å²) in [7, 11) is 1.52. The largest absolute Gasteiger partial charge is 0.495 e. The van der Waals surface area contributed by atoms with Crippen molar-refractivity contribution in [1.29, 1.82) is 0 Å². The number of nitrogens with zero attached hydrogens (tertiary/aromatic N) is 3. The summed E-state index contributed by atoms with van der Waals surface area (Å²) < 4.78 is 31.5. The number of rotatable bonds is 5. The van der Waals surface area contributed by atoms with Gasteiger partial charge in [0.25, 0.3) is 0 Å². The Morgan fingerprint density at radius 3 is 2.64 bits per heavy atom. The van der Waals surface area contributed by atoms with Gasteiger partial charge in [0.15, 0.2) is 17.5 Å². The highest BCUT2D eigenvalue weighted by atomic mass is 35.5. The highest BCUT2D eigenvalue weighted by molar-refractivity contribution is 6.31. The molecule has 2 aromatic carbocycles. The van der Waals surface area contributed by atoms with Crippen LogP contribution in [0.2, 0.25) is 5.02 Å². The molecule has 9 heteroatoms. The van der Waals surface area contributed by atoms with E-state index in [0.717, 1.165) is 12.1 Å². The van der Waals surface area contributed by atoms with E-state index in [1.807, 2.05) is 0 Å². The predicted octanol–water partition coefficient (Wildman–Crippen LogP) is 4.30. The molecule has 0 saturated carbocycles. The van der Waals surface area contributed by atoms with E-state index in [4.69, 9.17) is 16.3 Å². The summed E-state index contributed by atoms with van der Waals surface area (Å²) in [5.74, 6) is -0.875. The molecule has 0 atom stereocenters. The van der Waals surface area contributed by atoms with Crippen LogP contribution in [-0.2, 0) is 0 Å². The van der Waals surface area contributed by atoms with E-state index in [9.17, 15) is 8.78 Å². The maximum absolute atomic E-state index is 13.3. The fourth-order valence-electron chi connectivity index (χ4n) is 2.04. The van der Waals surface area contributed by atoms with Crippen LogP contribution in [0.4, 0.5) is 31.9 Å². The summed E-state index contributed by atoms with van der Waals surface area (Å²) in [6.07, 6.45) is 1.35. The number of halogens is 3. The summed E-state index contributed by atoms with van der Waals surface area (Å²) >= 11 is 5.98. The Balaban J connectivity index is 1.82. The molecule has 2 N–H and O–H groups in total. The summed E-state index contributed by atoms with van der Waals surface area (Å²) in [4.78, 5) is 4.21. The third-order valence-corrected chi connectivity index (χ3v) is 3.39. The lowest BCUT2D eigenvalue weighted by molar-refractivity contribution is 0.417. The highest BCUT2D eigenvalue weighted by Crippen LogP contribution is 2.29. The molecule has 0 bridgehead atoms. The first-order chi connectivity index (χ1) is 12.0. The minimum atomic E-state index is -0.964. The van der Waals surface area contributed by atoms with Crippen LogP contribution in [0.1, 0.15) is 0 Å². The normalized spacial score (nSPS) is 10.4. The molecular formula is C16H12ClF2N5O. The number of hydrogen-bond acceptors (Lipinski definition) is 6. The lowest BCUT2D eigenvalue weighted by Crippen LogP contribution is -2.03. The first-order valence-electron chi connectivity index (χ1n) is 7.07. The van der Waals surface area contributed by atoms with Gasteiger partial charge in [-0.3, -0.25) is 0 Å². The van der Waals surface area contributed by atoms with Crippen LogP contribution < -0.4 is 15.4 Å².